The van der Waals surface area contributed by atoms with Crippen LogP contribution in [0, 0.1) is 5.92 Å². The van der Waals surface area contributed by atoms with Gasteiger partial charge in [0.1, 0.15) is 6.04 Å². The van der Waals surface area contributed by atoms with E-state index in [-0.39, 0.29) is 0 Å². The molecule has 0 radical (unpaired) electrons. The third kappa shape index (κ3) is 6.37. The summed E-state index contributed by atoms with van der Waals surface area (Å²) in [5, 5.41) is 2.72. The molecular formula is C19H29NO11. The molecule has 12 heteroatoms. The molecule has 0 aromatic rings. The van der Waals surface area contributed by atoms with E-state index in [0.717, 1.165) is 35.0 Å². The van der Waals surface area contributed by atoms with E-state index in [1.54, 1.807) is 13.8 Å². The van der Waals surface area contributed by atoms with E-state index in [1.165, 1.54) is 0 Å². The third-order valence-electron chi connectivity index (χ3n) is 4.43. The second kappa shape index (κ2) is 11.0. The van der Waals surface area contributed by atoms with Crippen molar-refractivity contribution in [3.8, 4) is 0 Å². The van der Waals surface area contributed by atoms with Crippen LogP contribution in [-0.2, 0) is 52.4 Å². The monoisotopic (exact) mass is 447 g/mol. The van der Waals surface area contributed by atoms with Crippen LogP contribution in [0.3, 0.4) is 0 Å². The molecule has 0 aromatic heterocycles. The molecule has 1 N–H and O–H groups in total. The highest BCUT2D eigenvalue weighted by Gasteiger charge is 2.62. The molecule has 12 nitrogen and oxygen atoms in total. The second-order valence-electron chi connectivity index (χ2n) is 7.18. The highest BCUT2D eigenvalue weighted by Crippen LogP contribution is 2.33. The van der Waals surface area contributed by atoms with Crippen molar-refractivity contribution in [2.75, 3.05) is 20.8 Å². The molecule has 31 heavy (non-hydrogen) atoms. The fourth-order valence-corrected chi connectivity index (χ4v) is 3.15. The molecule has 0 saturated carbocycles. The molecule has 0 amide bonds. The van der Waals surface area contributed by atoms with E-state index in [4.69, 9.17) is 28.4 Å². The van der Waals surface area contributed by atoms with Crippen LogP contribution in [0.25, 0.3) is 0 Å². The average molecular weight is 447 g/mol. The molecule has 0 aromatic carbocycles. The lowest BCUT2D eigenvalue weighted by molar-refractivity contribution is -0.267. The van der Waals surface area contributed by atoms with Crippen LogP contribution in [-0.4, -0.2) is 80.8 Å². The van der Waals surface area contributed by atoms with Gasteiger partial charge in [0.05, 0.1) is 20.8 Å². The number of esters is 5. The van der Waals surface area contributed by atoms with E-state index in [0.29, 0.717) is 0 Å². The molecular weight excluding hydrogens is 418 g/mol. The number of carbonyl (C=O) groups excluding carboxylic acids is 5. The van der Waals surface area contributed by atoms with Gasteiger partial charge in [-0.2, -0.15) is 0 Å². The Morgan fingerprint density at radius 2 is 1.45 bits per heavy atom. The predicted octanol–water partition coefficient (Wildman–Crippen LogP) is -0.532. The van der Waals surface area contributed by atoms with E-state index in [9.17, 15) is 24.0 Å². The Morgan fingerprint density at radius 3 is 1.87 bits per heavy atom. The van der Waals surface area contributed by atoms with Crippen molar-refractivity contribution < 1.29 is 52.4 Å². The molecule has 1 aliphatic rings. The van der Waals surface area contributed by atoms with Crippen molar-refractivity contribution >= 4 is 29.8 Å². The molecule has 0 spiro atoms. The van der Waals surface area contributed by atoms with E-state index in [2.05, 4.69) is 5.32 Å². The van der Waals surface area contributed by atoms with Gasteiger partial charge in [-0.25, -0.2) is 4.79 Å². The molecule has 3 unspecified atom stereocenters. The lowest BCUT2D eigenvalue weighted by atomic mass is 9.91. The van der Waals surface area contributed by atoms with Crippen LogP contribution < -0.4 is 5.32 Å². The van der Waals surface area contributed by atoms with Crippen LogP contribution in [0.5, 0.6) is 0 Å². The Labute approximate surface area is 179 Å². The number of hydrogen-bond acceptors (Lipinski definition) is 12. The Hall–Kier alpha value is -2.73. The SMILES string of the molecule is COC(=O)C(NC1(C(=O)OC)OC[C@@H](OC(C)=O)[C@@H](OC(C)=O)C1OC(C)=O)C(C)C. The smallest absolute Gasteiger partial charge is 0.357 e. The Bertz CT molecular complexity index is 707. The van der Waals surface area contributed by atoms with Crippen molar-refractivity contribution in [2.45, 2.75) is 64.7 Å². The van der Waals surface area contributed by atoms with Gasteiger partial charge < -0.3 is 28.4 Å². The number of methoxy groups -OCH3 is 2. The predicted molar refractivity (Wildman–Crippen MR) is 101 cm³/mol. The molecule has 1 aliphatic heterocycles. The number of rotatable bonds is 8. The first kappa shape index (κ1) is 26.3. The van der Waals surface area contributed by atoms with Gasteiger partial charge >= 0.3 is 29.8 Å². The van der Waals surface area contributed by atoms with Gasteiger partial charge in [0.2, 0.25) is 0 Å². The molecule has 1 saturated heterocycles. The maximum Gasteiger partial charge on any atom is 0.357 e. The summed E-state index contributed by atoms with van der Waals surface area (Å²) >= 11 is 0. The van der Waals surface area contributed by atoms with Gasteiger partial charge in [0.25, 0.3) is 5.72 Å². The number of ether oxygens (including phenoxy) is 6. The summed E-state index contributed by atoms with van der Waals surface area (Å²) in [7, 11) is 2.22. The minimum absolute atomic E-state index is 0.408. The molecule has 1 fully saturated rings. The van der Waals surface area contributed by atoms with Gasteiger partial charge in [0, 0.05) is 20.8 Å². The summed E-state index contributed by atoms with van der Waals surface area (Å²) in [6, 6.07) is -1.11. The lowest BCUT2D eigenvalue weighted by Crippen LogP contribution is -2.75. The van der Waals surface area contributed by atoms with E-state index in [1.807, 2.05) is 0 Å². The Balaban J connectivity index is 3.61. The zero-order valence-corrected chi connectivity index (χ0v) is 18.6. The quantitative estimate of drug-likeness (QED) is 0.376. The van der Waals surface area contributed by atoms with Crippen molar-refractivity contribution in [3.63, 3.8) is 0 Å². The highest BCUT2D eigenvalue weighted by molar-refractivity contribution is 5.83. The maximum absolute atomic E-state index is 12.9. The zero-order valence-electron chi connectivity index (χ0n) is 18.6. The van der Waals surface area contributed by atoms with E-state index < -0.39 is 72.5 Å². The summed E-state index contributed by atoms with van der Waals surface area (Å²) in [5.41, 5.74) is -2.28. The number of carbonyl (C=O) groups is 5. The Kier molecular flexibility index (Phi) is 9.38. The summed E-state index contributed by atoms with van der Waals surface area (Å²) in [6.45, 7) is 6.18. The molecule has 176 valence electrons. The fraction of sp³-hybridized carbons (Fsp3) is 0.737. The van der Waals surface area contributed by atoms with Crippen LogP contribution in [0.2, 0.25) is 0 Å². The summed E-state index contributed by atoms with van der Waals surface area (Å²) in [4.78, 5) is 60.4. The summed E-state index contributed by atoms with van der Waals surface area (Å²) in [5.74, 6) is -4.58. The van der Waals surface area contributed by atoms with Gasteiger partial charge in [-0.05, 0) is 5.92 Å². The minimum Gasteiger partial charge on any atom is -0.468 e. The van der Waals surface area contributed by atoms with Crippen LogP contribution in [0.15, 0.2) is 0 Å². The fourth-order valence-electron chi connectivity index (χ4n) is 3.15. The normalized spacial score (nSPS) is 26.4. The van der Waals surface area contributed by atoms with Crippen molar-refractivity contribution in [1.29, 1.82) is 0 Å². The molecule has 0 bridgehead atoms. The van der Waals surface area contributed by atoms with Gasteiger partial charge in [-0.1, -0.05) is 13.8 Å². The highest BCUT2D eigenvalue weighted by atomic mass is 16.7. The second-order valence-corrected chi connectivity index (χ2v) is 7.18. The first-order valence-corrected chi connectivity index (χ1v) is 9.49. The number of nitrogens with one attached hydrogen (secondary N) is 1. The minimum atomic E-state index is -2.28. The van der Waals surface area contributed by atoms with Crippen LogP contribution in [0.1, 0.15) is 34.6 Å². The van der Waals surface area contributed by atoms with Crippen molar-refractivity contribution in [1.82, 2.24) is 5.32 Å². The average Bonchev–Trinajstić information content (AvgIpc) is 2.67. The zero-order chi connectivity index (χ0) is 23.9. The van der Waals surface area contributed by atoms with Crippen LogP contribution >= 0.6 is 0 Å². The van der Waals surface area contributed by atoms with Crippen LogP contribution in [0.4, 0.5) is 0 Å². The van der Waals surface area contributed by atoms with Gasteiger partial charge in [-0.3, -0.25) is 24.5 Å². The van der Waals surface area contributed by atoms with E-state index >= 15 is 0 Å². The molecule has 1 heterocycles. The standard InChI is InChI=1S/C19H29NO11/c1-9(2)14(17(24)26-6)20-19(18(25)27-7)16(31-12(5)23)15(30-11(4)22)13(8-28-19)29-10(3)21/h9,13-16,20H,8H2,1-7H3/t13-,14?,15-,16?,19?/m1/s1. The summed E-state index contributed by atoms with van der Waals surface area (Å²) < 4.78 is 31.0. The first-order chi connectivity index (χ1) is 14.4. The first-order valence-electron chi connectivity index (χ1n) is 9.49. The number of hydrogen-bond donors (Lipinski definition) is 1. The summed E-state index contributed by atoms with van der Waals surface area (Å²) in [6.07, 6.45) is -4.33. The molecule has 0 aliphatic carbocycles. The molecule has 1 rings (SSSR count). The third-order valence-corrected chi connectivity index (χ3v) is 4.43. The lowest BCUT2D eigenvalue weighted by Gasteiger charge is -2.47. The molecule has 5 atom stereocenters. The van der Waals surface area contributed by atoms with Crippen molar-refractivity contribution in [3.05, 3.63) is 0 Å². The largest absolute Gasteiger partial charge is 0.468 e. The topological polar surface area (TPSA) is 153 Å². The van der Waals surface area contributed by atoms with Crippen molar-refractivity contribution in [2.24, 2.45) is 5.92 Å². The van der Waals surface area contributed by atoms with Gasteiger partial charge in [-0.15, -0.1) is 0 Å². The van der Waals surface area contributed by atoms with Gasteiger partial charge in [0.15, 0.2) is 18.3 Å². The Morgan fingerprint density at radius 1 is 0.903 bits per heavy atom. The maximum atomic E-state index is 12.9.